The lowest BCUT2D eigenvalue weighted by molar-refractivity contribution is -0.384. The summed E-state index contributed by atoms with van der Waals surface area (Å²) < 4.78 is 1.51. The number of likely N-dealkylation sites (tertiary alicyclic amines) is 1. The van der Waals surface area contributed by atoms with Crippen molar-refractivity contribution in [2.24, 2.45) is 11.8 Å². The zero-order valence-electron chi connectivity index (χ0n) is 13.2. The molecule has 1 saturated carbocycles. The third-order valence-corrected chi connectivity index (χ3v) is 5.13. The smallest absolute Gasteiger partial charge is 0.274 e. The Balaban J connectivity index is 1.53. The molecule has 2 atom stereocenters. The van der Waals surface area contributed by atoms with Crippen LogP contribution >= 0.6 is 0 Å². The summed E-state index contributed by atoms with van der Waals surface area (Å²) in [6.07, 6.45) is 5.38. The Bertz CT molecular complexity index is 789. The summed E-state index contributed by atoms with van der Waals surface area (Å²) in [6, 6.07) is 7.89. The van der Waals surface area contributed by atoms with Crippen LogP contribution in [0.15, 0.2) is 36.5 Å². The van der Waals surface area contributed by atoms with Gasteiger partial charge in [-0.3, -0.25) is 14.9 Å². The van der Waals surface area contributed by atoms with E-state index >= 15 is 0 Å². The van der Waals surface area contributed by atoms with Gasteiger partial charge in [-0.05, 0) is 36.8 Å². The quantitative estimate of drug-likeness (QED) is 0.641. The van der Waals surface area contributed by atoms with E-state index in [2.05, 4.69) is 5.10 Å². The summed E-state index contributed by atoms with van der Waals surface area (Å²) in [5, 5.41) is 15.2. The van der Waals surface area contributed by atoms with Crippen molar-refractivity contribution in [3.05, 3.63) is 52.3 Å². The molecule has 4 rings (SSSR count). The highest BCUT2D eigenvalue weighted by Crippen LogP contribution is 2.38. The Morgan fingerprint density at radius 1 is 1.21 bits per heavy atom. The van der Waals surface area contributed by atoms with Crippen LogP contribution in [0.5, 0.6) is 0 Å². The van der Waals surface area contributed by atoms with Gasteiger partial charge in [-0.2, -0.15) is 5.10 Å². The lowest BCUT2D eigenvalue weighted by atomic mass is 10.0. The van der Waals surface area contributed by atoms with E-state index in [4.69, 9.17) is 0 Å². The van der Waals surface area contributed by atoms with Gasteiger partial charge in [-0.1, -0.05) is 12.5 Å². The molecule has 0 unspecified atom stereocenters. The van der Waals surface area contributed by atoms with E-state index in [-0.39, 0.29) is 11.6 Å². The van der Waals surface area contributed by atoms with Gasteiger partial charge in [0.05, 0.1) is 10.6 Å². The Morgan fingerprint density at radius 2 is 1.96 bits per heavy atom. The lowest BCUT2D eigenvalue weighted by Gasteiger charge is -2.15. The Hall–Kier alpha value is -2.70. The van der Waals surface area contributed by atoms with Gasteiger partial charge >= 0.3 is 0 Å². The fraction of sp³-hybridized carbons (Fsp3) is 0.412. The lowest BCUT2D eigenvalue weighted by Crippen LogP contribution is -2.29. The summed E-state index contributed by atoms with van der Waals surface area (Å²) >= 11 is 0. The van der Waals surface area contributed by atoms with Crippen LogP contribution in [0.25, 0.3) is 5.69 Å². The molecule has 0 N–H and O–H groups in total. The van der Waals surface area contributed by atoms with E-state index in [9.17, 15) is 14.9 Å². The summed E-state index contributed by atoms with van der Waals surface area (Å²) in [5.41, 5.74) is 0.964. The van der Waals surface area contributed by atoms with Crippen molar-refractivity contribution in [2.45, 2.75) is 19.3 Å². The average molecular weight is 326 g/mol. The standard InChI is InChI=1S/C17H18N4O3/c22-17(19-10-12-3-1-4-13(12)11-19)16-7-8-20(18-16)14-5-2-6-15(9-14)21(23)24/h2,5-9,12-13H,1,3-4,10-11H2/t12-,13-/m0/s1. The number of benzene rings is 1. The number of hydrogen-bond donors (Lipinski definition) is 0. The maximum Gasteiger partial charge on any atom is 0.274 e. The van der Waals surface area contributed by atoms with Crippen LogP contribution in [0.1, 0.15) is 29.8 Å². The van der Waals surface area contributed by atoms with Crippen molar-refractivity contribution >= 4 is 11.6 Å². The molecular formula is C17H18N4O3. The summed E-state index contributed by atoms with van der Waals surface area (Å²) in [4.78, 5) is 25.0. The molecule has 2 heterocycles. The van der Waals surface area contributed by atoms with Crippen LogP contribution in [-0.2, 0) is 0 Å². The van der Waals surface area contributed by atoms with Gasteiger partial charge in [0, 0.05) is 31.4 Å². The van der Waals surface area contributed by atoms with Gasteiger partial charge in [-0.15, -0.1) is 0 Å². The molecule has 124 valence electrons. The minimum absolute atomic E-state index is 0.00300. The van der Waals surface area contributed by atoms with E-state index in [0.717, 1.165) is 13.1 Å². The van der Waals surface area contributed by atoms with Crippen molar-refractivity contribution in [2.75, 3.05) is 13.1 Å². The molecular weight excluding hydrogens is 308 g/mol. The monoisotopic (exact) mass is 326 g/mol. The van der Waals surface area contributed by atoms with E-state index in [1.807, 2.05) is 4.90 Å². The molecule has 1 aliphatic carbocycles. The highest BCUT2D eigenvalue weighted by atomic mass is 16.6. The van der Waals surface area contributed by atoms with Gasteiger partial charge in [0.25, 0.3) is 11.6 Å². The number of non-ortho nitro benzene ring substituents is 1. The van der Waals surface area contributed by atoms with Crippen molar-refractivity contribution in [3.63, 3.8) is 0 Å². The van der Waals surface area contributed by atoms with Crippen molar-refractivity contribution in [1.29, 1.82) is 0 Å². The Kier molecular flexibility index (Phi) is 3.55. The number of amides is 1. The van der Waals surface area contributed by atoms with E-state index in [1.54, 1.807) is 24.4 Å². The van der Waals surface area contributed by atoms with Crippen molar-refractivity contribution in [1.82, 2.24) is 14.7 Å². The van der Waals surface area contributed by atoms with Gasteiger partial charge in [0.2, 0.25) is 0 Å². The van der Waals surface area contributed by atoms with Crippen LogP contribution in [0, 0.1) is 22.0 Å². The summed E-state index contributed by atoms with van der Waals surface area (Å²) in [6.45, 7) is 1.65. The number of carbonyl (C=O) groups excluding carboxylic acids is 1. The third-order valence-electron chi connectivity index (χ3n) is 5.13. The molecule has 1 aromatic heterocycles. The molecule has 24 heavy (non-hydrogen) atoms. The van der Waals surface area contributed by atoms with Gasteiger partial charge in [0.15, 0.2) is 5.69 Å². The number of hydrogen-bond acceptors (Lipinski definition) is 4. The number of nitro benzene ring substituents is 1. The molecule has 1 amide bonds. The fourth-order valence-electron chi connectivity index (χ4n) is 3.89. The van der Waals surface area contributed by atoms with Crippen LogP contribution in [0.3, 0.4) is 0 Å². The van der Waals surface area contributed by atoms with Gasteiger partial charge in [-0.25, -0.2) is 4.68 Å². The summed E-state index contributed by atoms with van der Waals surface area (Å²) in [7, 11) is 0. The molecule has 1 aromatic carbocycles. The molecule has 0 bridgehead atoms. The predicted molar refractivity (Wildman–Crippen MR) is 87.0 cm³/mol. The first-order valence-corrected chi connectivity index (χ1v) is 8.21. The van der Waals surface area contributed by atoms with E-state index in [1.165, 1.54) is 36.1 Å². The molecule has 1 saturated heterocycles. The molecule has 7 heteroatoms. The molecule has 0 radical (unpaired) electrons. The van der Waals surface area contributed by atoms with Crippen LogP contribution in [0.4, 0.5) is 5.69 Å². The number of carbonyl (C=O) groups is 1. The number of rotatable bonds is 3. The highest BCUT2D eigenvalue weighted by Gasteiger charge is 2.38. The number of aromatic nitrogens is 2. The van der Waals surface area contributed by atoms with Crippen molar-refractivity contribution in [3.8, 4) is 5.69 Å². The second-order valence-corrected chi connectivity index (χ2v) is 6.58. The maximum atomic E-state index is 12.6. The van der Waals surface area contributed by atoms with Crippen LogP contribution in [-0.4, -0.2) is 38.6 Å². The average Bonchev–Trinajstić information content (AvgIpc) is 3.29. The predicted octanol–water partition coefficient (Wildman–Crippen LogP) is 2.65. The SMILES string of the molecule is O=C(c1ccn(-c2cccc([N+](=O)[O-])c2)n1)N1C[C@@H]2CCC[C@H]2C1. The van der Waals surface area contributed by atoms with Crippen LogP contribution in [0.2, 0.25) is 0 Å². The molecule has 0 spiro atoms. The molecule has 2 aliphatic rings. The van der Waals surface area contributed by atoms with E-state index < -0.39 is 4.92 Å². The van der Waals surface area contributed by atoms with Gasteiger partial charge < -0.3 is 4.90 Å². The minimum atomic E-state index is -0.442. The topological polar surface area (TPSA) is 81.3 Å². The zero-order valence-corrected chi connectivity index (χ0v) is 13.2. The Morgan fingerprint density at radius 3 is 2.67 bits per heavy atom. The van der Waals surface area contributed by atoms with Gasteiger partial charge in [0.1, 0.15) is 0 Å². The minimum Gasteiger partial charge on any atom is -0.337 e. The second kappa shape index (κ2) is 5.74. The largest absolute Gasteiger partial charge is 0.337 e. The normalized spacial score (nSPS) is 22.6. The first-order chi connectivity index (χ1) is 11.6. The van der Waals surface area contributed by atoms with Crippen LogP contribution < -0.4 is 0 Å². The first-order valence-electron chi connectivity index (χ1n) is 8.21. The number of nitro groups is 1. The molecule has 1 aliphatic heterocycles. The molecule has 2 aromatic rings. The molecule has 2 fully saturated rings. The number of nitrogens with zero attached hydrogens (tertiary/aromatic N) is 4. The maximum absolute atomic E-state index is 12.6. The summed E-state index contributed by atoms with van der Waals surface area (Å²) in [5.74, 6) is 1.24. The Labute approximate surface area is 139 Å². The fourth-order valence-corrected chi connectivity index (χ4v) is 3.89. The number of fused-ring (bicyclic) bond motifs is 1. The zero-order chi connectivity index (χ0) is 16.7. The second-order valence-electron chi connectivity index (χ2n) is 6.58. The third kappa shape index (κ3) is 2.55. The molecule has 7 nitrogen and oxygen atoms in total. The highest BCUT2D eigenvalue weighted by molar-refractivity contribution is 5.92. The van der Waals surface area contributed by atoms with Crippen molar-refractivity contribution < 1.29 is 9.72 Å². The van der Waals surface area contributed by atoms with E-state index in [0.29, 0.717) is 23.2 Å². The first kappa shape index (κ1) is 14.9.